The molecule has 2 N–H and O–H groups in total. The molecular formula is C11H25N. The minimum absolute atomic E-state index is 0.0447. The summed E-state index contributed by atoms with van der Waals surface area (Å²) >= 11 is 0. The Morgan fingerprint density at radius 3 is 1.83 bits per heavy atom. The molecule has 0 aromatic heterocycles. The molecule has 0 heterocycles. The van der Waals surface area contributed by atoms with Gasteiger partial charge in [-0.25, -0.2) is 0 Å². The molecule has 0 amide bonds. The SMILES string of the molecule is CCCCC(C)(CC)C(C)(C)N. The lowest BCUT2D eigenvalue weighted by molar-refractivity contribution is 0.148. The molecule has 0 saturated carbocycles. The van der Waals surface area contributed by atoms with E-state index in [0.717, 1.165) is 0 Å². The third-order valence-electron chi connectivity index (χ3n) is 3.42. The summed E-state index contributed by atoms with van der Waals surface area (Å²) in [5.74, 6) is 0. The van der Waals surface area contributed by atoms with Crippen molar-refractivity contribution in [3.63, 3.8) is 0 Å². The van der Waals surface area contributed by atoms with E-state index in [1.54, 1.807) is 0 Å². The molecule has 0 aliphatic rings. The number of hydrogen-bond acceptors (Lipinski definition) is 1. The van der Waals surface area contributed by atoms with Gasteiger partial charge in [-0.15, -0.1) is 0 Å². The molecule has 0 radical (unpaired) electrons. The highest BCUT2D eigenvalue weighted by atomic mass is 14.8. The van der Waals surface area contributed by atoms with E-state index in [-0.39, 0.29) is 5.54 Å². The second kappa shape index (κ2) is 4.27. The second-order valence-electron chi connectivity index (χ2n) is 4.74. The van der Waals surface area contributed by atoms with Gasteiger partial charge in [0.1, 0.15) is 0 Å². The summed E-state index contributed by atoms with van der Waals surface area (Å²) in [6, 6.07) is 0. The van der Waals surface area contributed by atoms with Crippen LogP contribution in [0.5, 0.6) is 0 Å². The van der Waals surface area contributed by atoms with E-state index in [1.807, 2.05) is 0 Å². The summed E-state index contributed by atoms with van der Waals surface area (Å²) in [6.07, 6.45) is 5.00. The summed E-state index contributed by atoms with van der Waals surface area (Å²) in [5, 5.41) is 0. The van der Waals surface area contributed by atoms with Gasteiger partial charge in [0, 0.05) is 5.54 Å². The van der Waals surface area contributed by atoms with E-state index in [2.05, 4.69) is 34.6 Å². The summed E-state index contributed by atoms with van der Waals surface area (Å²) < 4.78 is 0. The zero-order valence-electron chi connectivity index (χ0n) is 9.41. The van der Waals surface area contributed by atoms with Crippen LogP contribution >= 0.6 is 0 Å². The van der Waals surface area contributed by atoms with Crippen molar-refractivity contribution in [2.45, 2.75) is 65.8 Å². The largest absolute Gasteiger partial charge is 0.325 e. The molecule has 0 aliphatic heterocycles. The fourth-order valence-electron chi connectivity index (χ4n) is 1.52. The van der Waals surface area contributed by atoms with Gasteiger partial charge in [-0.2, -0.15) is 0 Å². The van der Waals surface area contributed by atoms with Crippen molar-refractivity contribution in [2.75, 3.05) is 0 Å². The normalized spacial score (nSPS) is 17.5. The quantitative estimate of drug-likeness (QED) is 0.674. The lowest BCUT2D eigenvalue weighted by atomic mass is 9.68. The number of hydrogen-bond donors (Lipinski definition) is 1. The molecule has 0 rings (SSSR count). The van der Waals surface area contributed by atoms with Gasteiger partial charge in [0.25, 0.3) is 0 Å². The van der Waals surface area contributed by atoms with Crippen LogP contribution in [0.4, 0.5) is 0 Å². The van der Waals surface area contributed by atoms with Crippen LogP contribution in [0.15, 0.2) is 0 Å². The number of rotatable bonds is 5. The predicted molar refractivity (Wildman–Crippen MR) is 56.2 cm³/mol. The zero-order valence-corrected chi connectivity index (χ0v) is 9.41. The monoisotopic (exact) mass is 171 g/mol. The highest BCUT2D eigenvalue weighted by Gasteiger charge is 2.35. The number of nitrogens with two attached hydrogens (primary N) is 1. The Balaban J connectivity index is 4.24. The summed E-state index contributed by atoms with van der Waals surface area (Å²) in [5.41, 5.74) is 6.43. The fraction of sp³-hybridized carbons (Fsp3) is 1.00. The minimum Gasteiger partial charge on any atom is -0.325 e. The van der Waals surface area contributed by atoms with Crippen LogP contribution < -0.4 is 5.73 Å². The van der Waals surface area contributed by atoms with Gasteiger partial charge in [0.15, 0.2) is 0 Å². The van der Waals surface area contributed by atoms with Crippen LogP contribution in [0.1, 0.15) is 60.3 Å². The van der Waals surface area contributed by atoms with Crippen LogP contribution in [0, 0.1) is 5.41 Å². The molecule has 0 aliphatic carbocycles. The molecular weight excluding hydrogens is 146 g/mol. The predicted octanol–water partition coefficient (Wildman–Crippen LogP) is 3.33. The van der Waals surface area contributed by atoms with Crippen molar-refractivity contribution in [2.24, 2.45) is 11.1 Å². The maximum Gasteiger partial charge on any atom is 0.0151 e. The average Bonchev–Trinajstić information content (AvgIpc) is 1.98. The maximum atomic E-state index is 6.17. The lowest BCUT2D eigenvalue weighted by Gasteiger charge is -2.41. The van der Waals surface area contributed by atoms with E-state index in [4.69, 9.17) is 5.73 Å². The van der Waals surface area contributed by atoms with Gasteiger partial charge < -0.3 is 5.73 Å². The molecule has 1 atom stereocenters. The highest BCUT2D eigenvalue weighted by Crippen LogP contribution is 2.37. The molecule has 74 valence electrons. The minimum atomic E-state index is -0.0447. The van der Waals surface area contributed by atoms with Gasteiger partial charge in [0.2, 0.25) is 0 Å². The first kappa shape index (κ1) is 12.0. The lowest BCUT2D eigenvalue weighted by Crippen LogP contribution is -2.48. The zero-order chi connectivity index (χ0) is 9.83. The van der Waals surface area contributed by atoms with Gasteiger partial charge in [-0.3, -0.25) is 0 Å². The topological polar surface area (TPSA) is 26.0 Å². The molecule has 0 saturated heterocycles. The summed E-state index contributed by atoms with van der Waals surface area (Å²) in [6.45, 7) is 11.1. The molecule has 0 aromatic rings. The molecule has 0 fully saturated rings. The van der Waals surface area contributed by atoms with Gasteiger partial charge >= 0.3 is 0 Å². The van der Waals surface area contributed by atoms with E-state index >= 15 is 0 Å². The summed E-state index contributed by atoms with van der Waals surface area (Å²) in [7, 11) is 0. The van der Waals surface area contributed by atoms with Crippen molar-refractivity contribution in [1.82, 2.24) is 0 Å². The van der Waals surface area contributed by atoms with Crippen LogP contribution in [0.3, 0.4) is 0 Å². The van der Waals surface area contributed by atoms with Crippen molar-refractivity contribution < 1.29 is 0 Å². The van der Waals surface area contributed by atoms with Gasteiger partial charge in [-0.05, 0) is 32.1 Å². The van der Waals surface area contributed by atoms with E-state index in [1.165, 1.54) is 25.7 Å². The standard InChI is InChI=1S/C11H25N/c1-6-8-9-11(5,7-2)10(3,4)12/h6-9,12H2,1-5H3. The van der Waals surface area contributed by atoms with Gasteiger partial charge in [0.05, 0.1) is 0 Å². The summed E-state index contributed by atoms with van der Waals surface area (Å²) in [4.78, 5) is 0. The molecule has 1 heteroatoms. The first-order chi connectivity index (χ1) is 5.37. The van der Waals surface area contributed by atoms with Crippen LogP contribution in [0.2, 0.25) is 0 Å². The van der Waals surface area contributed by atoms with Gasteiger partial charge in [-0.1, -0.05) is 33.6 Å². The average molecular weight is 171 g/mol. The van der Waals surface area contributed by atoms with E-state index < -0.39 is 0 Å². The van der Waals surface area contributed by atoms with Crippen molar-refractivity contribution >= 4 is 0 Å². The molecule has 1 nitrogen and oxygen atoms in total. The Hall–Kier alpha value is -0.0400. The molecule has 0 aromatic carbocycles. The first-order valence-electron chi connectivity index (χ1n) is 5.16. The maximum absolute atomic E-state index is 6.17. The Morgan fingerprint density at radius 2 is 1.58 bits per heavy atom. The molecule has 12 heavy (non-hydrogen) atoms. The van der Waals surface area contributed by atoms with Crippen molar-refractivity contribution in [3.8, 4) is 0 Å². The Kier molecular flexibility index (Phi) is 4.25. The number of unbranched alkanes of at least 4 members (excludes halogenated alkanes) is 1. The van der Waals surface area contributed by atoms with Crippen LogP contribution in [-0.2, 0) is 0 Å². The first-order valence-corrected chi connectivity index (χ1v) is 5.16. The van der Waals surface area contributed by atoms with E-state index in [0.29, 0.717) is 5.41 Å². The Morgan fingerprint density at radius 1 is 1.08 bits per heavy atom. The molecule has 0 spiro atoms. The Labute approximate surface area is 77.7 Å². The van der Waals surface area contributed by atoms with Crippen LogP contribution in [-0.4, -0.2) is 5.54 Å². The molecule has 1 unspecified atom stereocenters. The molecule has 0 bridgehead atoms. The van der Waals surface area contributed by atoms with Crippen LogP contribution in [0.25, 0.3) is 0 Å². The fourth-order valence-corrected chi connectivity index (χ4v) is 1.52. The van der Waals surface area contributed by atoms with E-state index in [9.17, 15) is 0 Å². The third-order valence-corrected chi connectivity index (χ3v) is 3.42. The third kappa shape index (κ3) is 2.78. The van der Waals surface area contributed by atoms with Crippen molar-refractivity contribution in [3.05, 3.63) is 0 Å². The highest BCUT2D eigenvalue weighted by molar-refractivity contribution is 4.92. The smallest absolute Gasteiger partial charge is 0.0151 e. The Bertz CT molecular complexity index is 123. The van der Waals surface area contributed by atoms with Crippen molar-refractivity contribution in [1.29, 1.82) is 0 Å². The second-order valence-corrected chi connectivity index (χ2v) is 4.74.